The van der Waals surface area contributed by atoms with Gasteiger partial charge in [-0.05, 0) is 75.2 Å². The van der Waals surface area contributed by atoms with Crippen LogP contribution in [0.1, 0.15) is 5.56 Å². The summed E-state index contributed by atoms with van der Waals surface area (Å²) in [5.41, 5.74) is 9.23. The fourth-order valence-corrected chi connectivity index (χ4v) is 2.70. The summed E-state index contributed by atoms with van der Waals surface area (Å²) >= 11 is 9.55. The molecule has 0 saturated carbocycles. The molecule has 106 valence electrons. The van der Waals surface area contributed by atoms with Crippen LogP contribution in [0, 0.1) is 6.92 Å². The SMILES string of the molecule is Cc1cc(N)cc(-c2nnnn2-c2cc(Cl)ccc2Br)c1. The summed E-state index contributed by atoms with van der Waals surface area (Å²) in [6.07, 6.45) is 0. The summed E-state index contributed by atoms with van der Waals surface area (Å²) in [7, 11) is 0. The molecule has 0 bridgehead atoms. The van der Waals surface area contributed by atoms with Crippen molar-refractivity contribution in [1.82, 2.24) is 20.2 Å². The van der Waals surface area contributed by atoms with E-state index in [0.29, 0.717) is 16.5 Å². The van der Waals surface area contributed by atoms with Gasteiger partial charge in [-0.15, -0.1) is 5.10 Å². The minimum Gasteiger partial charge on any atom is -0.399 e. The predicted octanol–water partition coefficient (Wildman–Crippen LogP) is 3.64. The van der Waals surface area contributed by atoms with Crippen molar-refractivity contribution >= 4 is 33.2 Å². The van der Waals surface area contributed by atoms with Gasteiger partial charge in [-0.3, -0.25) is 0 Å². The highest BCUT2D eigenvalue weighted by Crippen LogP contribution is 2.28. The van der Waals surface area contributed by atoms with Gasteiger partial charge in [-0.2, -0.15) is 4.68 Å². The van der Waals surface area contributed by atoms with Gasteiger partial charge in [-0.1, -0.05) is 11.6 Å². The average Bonchev–Trinajstić information content (AvgIpc) is 2.89. The first-order chi connectivity index (χ1) is 10.0. The van der Waals surface area contributed by atoms with E-state index in [1.165, 1.54) is 0 Å². The molecule has 2 aromatic carbocycles. The molecular weight excluding hydrogens is 354 g/mol. The van der Waals surface area contributed by atoms with E-state index < -0.39 is 0 Å². The van der Waals surface area contributed by atoms with Crippen LogP contribution in [0.4, 0.5) is 5.69 Å². The normalized spacial score (nSPS) is 10.8. The third-order valence-electron chi connectivity index (χ3n) is 2.96. The van der Waals surface area contributed by atoms with Crippen LogP contribution in [0.15, 0.2) is 40.9 Å². The monoisotopic (exact) mass is 363 g/mol. The largest absolute Gasteiger partial charge is 0.399 e. The lowest BCUT2D eigenvalue weighted by atomic mass is 10.1. The molecule has 0 unspecified atom stereocenters. The Kier molecular flexibility index (Phi) is 3.65. The van der Waals surface area contributed by atoms with Crippen LogP contribution in [0.25, 0.3) is 17.1 Å². The lowest BCUT2D eigenvalue weighted by Crippen LogP contribution is -2.01. The zero-order chi connectivity index (χ0) is 15.0. The van der Waals surface area contributed by atoms with E-state index in [4.69, 9.17) is 17.3 Å². The number of hydrogen-bond donors (Lipinski definition) is 1. The Morgan fingerprint density at radius 3 is 2.76 bits per heavy atom. The molecule has 0 radical (unpaired) electrons. The maximum Gasteiger partial charge on any atom is 0.187 e. The van der Waals surface area contributed by atoms with Crippen LogP contribution in [-0.2, 0) is 0 Å². The summed E-state index contributed by atoms with van der Waals surface area (Å²) in [5.74, 6) is 0.605. The van der Waals surface area contributed by atoms with E-state index >= 15 is 0 Å². The molecule has 1 heterocycles. The number of rotatable bonds is 2. The summed E-state index contributed by atoms with van der Waals surface area (Å²) in [4.78, 5) is 0. The van der Waals surface area contributed by atoms with Gasteiger partial charge in [0.15, 0.2) is 5.82 Å². The number of hydrogen-bond acceptors (Lipinski definition) is 4. The maximum absolute atomic E-state index is 6.06. The van der Waals surface area contributed by atoms with Crippen molar-refractivity contribution in [2.24, 2.45) is 0 Å². The third-order valence-corrected chi connectivity index (χ3v) is 3.87. The fourth-order valence-electron chi connectivity index (χ4n) is 2.12. The molecule has 7 heteroatoms. The standard InChI is InChI=1S/C14H11BrClN5/c1-8-4-9(6-11(17)5-8)14-18-19-20-21(14)13-7-10(16)2-3-12(13)15/h2-7H,17H2,1H3. The Morgan fingerprint density at radius 1 is 1.19 bits per heavy atom. The van der Waals surface area contributed by atoms with E-state index in [9.17, 15) is 0 Å². The predicted molar refractivity (Wildman–Crippen MR) is 86.4 cm³/mol. The Hall–Kier alpha value is -1.92. The molecule has 0 aliphatic rings. The molecule has 0 spiro atoms. The highest BCUT2D eigenvalue weighted by atomic mass is 79.9. The first-order valence-corrected chi connectivity index (χ1v) is 7.33. The second kappa shape index (κ2) is 5.46. The highest BCUT2D eigenvalue weighted by molar-refractivity contribution is 9.10. The Balaban J connectivity index is 2.19. The van der Waals surface area contributed by atoms with Crippen LogP contribution in [0.2, 0.25) is 5.02 Å². The first-order valence-electron chi connectivity index (χ1n) is 6.16. The molecule has 0 aliphatic heterocycles. The van der Waals surface area contributed by atoms with Crippen LogP contribution >= 0.6 is 27.5 Å². The molecule has 0 fully saturated rings. The summed E-state index contributed by atoms with van der Waals surface area (Å²) in [5, 5.41) is 12.5. The molecule has 5 nitrogen and oxygen atoms in total. The summed E-state index contributed by atoms with van der Waals surface area (Å²) < 4.78 is 2.48. The molecule has 3 rings (SSSR count). The number of nitrogen functional groups attached to an aromatic ring is 1. The molecule has 2 N–H and O–H groups in total. The number of nitrogens with zero attached hydrogens (tertiary/aromatic N) is 4. The van der Waals surface area contributed by atoms with Crippen molar-refractivity contribution in [1.29, 1.82) is 0 Å². The van der Waals surface area contributed by atoms with Crippen LogP contribution < -0.4 is 5.73 Å². The molecule has 1 aromatic heterocycles. The van der Waals surface area contributed by atoms with Gasteiger partial charge in [0.05, 0.1) is 5.69 Å². The van der Waals surface area contributed by atoms with Gasteiger partial charge in [0.2, 0.25) is 0 Å². The summed E-state index contributed by atoms with van der Waals surface area (Å²) in [6, 6.07) is 11.2. The lowest BCUT2D eigenvalue weighted by molar-refractivity contribution is 0.789. The molecule has 3 aromatic rings. The topological polar surface area (TPSA) is 69.6 Å². The second-order valence-electron chi connectivity index (χ2n) is 4.64. The third kappa shape index (κ3) is 2.77. The van der Waals surface area contributed by atoms with Gasteiger partial charge in [0.25, 0.3) is 0 Å². The number of aryl methyl sites for hydroxylation is 1. The Morgan fingerprint density at radius 2 is 2.00 bits per heavy atom. The van der Waals surface area contributed by atoms with Crippen LogP contribution in [0.5, 0.6) is 0 Å². The number of anilines is 1. The van der Waals surface area contributed by atoms with E-state index in [1.54, 1.807) is 16.8 Å². The van der Waals surface area contributed by atoms with E-state index in [0.717, 1.165) is 21.3 Å². The zero-order valence-corrected chi connectivity index (χ0v) is 13.4. The number of benzene rings is 2. The van der Waals surface area contributed by atoms with Crippen molar-refractivity contribution in [2.45, 2.75) is 6.92 Å². The van der Waals surface area contributed by atoms with Crippen LogP contribution in [0.3, 0.4) is 0 Å². The van der Waals surface area contributed by atoms with E-state index in [-0.39, 0.29) is 0 Å². The zero-order valence-electron chi connectivity index (χ0n) is 11.1. The van der Waals surface area contributed by atoms with Gasteiger partial charge in [-0.25, -0.2) is 0 Å². The first kappa shape index (κ1) is 14.0. The number of tetrazole rings is 1. The number of nitrogens with two attached hydrogens (primary N) is 1. The molecule has 21 heavy (non-hydrogen) atoms. The highest BCUT2D eigenvalue weighted by Gasteiger charge is 2.14. The van der Waals surface area contributed by atoms with E-state index in [1.807, 2.05) is 31.2 Å². The smallest absolute Gasteiger partial charge is 0.187 e. The van der Waals surface area contributed by atoms with Crippen molar-refractivity contribution in [3.63, 3.8) is 0 Å². The minimum absolute atomic E-state index is 0.605. The number of aromatic nitrogens is 4. The van der Waals surface area contributed by atoms with Crippen molar-refractivity contribution in [3.05, 3.63) is 51.5 Å². The average molecular weight is 365 g/mol. The molecular formula is C14H11BrClN5. The quantitative estimate of drug-likeness (QED) is 0.705. The van der Waals surface area contributed by atoms with Crippen molar-refractivity contribution < 1.29 is 0 Å². The minimum atomic E-state index is 0.605. The van der Waals surface area contributed by atoms with Gasteiger partial charge < -0.3 is 5.73 Å². The van der Waals surface area contributed by atoms with Gasteiger partial charge >= 0.3 is 0 Å². The second-order valence-corrected chi connectivity index (χ2v) is 5.93. The van der Waals surface area contributed by atoms with Crippen molar-refractivity contribution in [3.8, 4) is 17.1 Å². The van der Waals surface area contributed by atoms with Crippen LogP contribution in [-0.4, -0.2) is 20.2 Å². The van der Waals surface area contributed by atoms with Gasteiger partial charge in [0, 0.05) is 20.7 Å². The molecule has 0 atom stereocenters. The van der Waals surface area contributed by atoms with Crippen molar-refractivity contribution in [2.75, 3.05) is 5.73 Å². The maximum atomic E-state index is 6.06. The fraction of sp³-hybridized carbons (Fsp3) is 0.0714. The summed E-state index contributed by atoms with van der Waals surface area (Å²) in [6.45, 7) is 1.98. The molecule has 0 aliphatic carbocycles. The Bertz CT molecular complexity index is 795. The lowest BCUT2D eigenvalue weighted by Gasteiger charge is -2.08. The molecule has 0 amide bonds. The van der Waals surface area contributed by atoms with Gasteiger partial charge in [0.1, 0.15) is 0 Å². The molecule has 0 saturated heterocycles. The Labute approximate surface area is 134 Å². The number of halogens is 2. The van der Waals surface area contributed by atoms with E-state index in [2.05, 4.69) is 31.5 Å².